The van der Waals surface area contributed by atoms with Gasteiger partial charge in [-0.15, -0.1) is 0 Å². The van der Waals surface area contributed by atoms with Gasteiger partial charge in [0.1, 0.15) is 5.60 Å². The zero-order valence-electron chi connectivity index (χ0n) is 16.0. The number of hydrogen-bond acceptors (Lipinski definition) is 5. The van der Waals surface area contributed by atoms with Gasteiger partial charge >= 0.3 is 6.09 Å². The molecule has 0 bridgehead atoms. The molecule has 1 aromatic rings. The number of nitriles is 1. The van der Waals surface area contributed by atoms with Crippen LogP contribution in [0.2, 0.25) is 0 Å². The summed E-state index contributed by atoms with van der Waals surface area (Å²) in [6, 6.07) is 7.69. The molecule has 0 radical (unpaired) electrons. The van der Waals surface area contributed by atoms with E-state index in [1.54, 1.807) is 33.9 Å². The van der Waals surface area contributed by atoms with Crippen LogP contribution in [0.5, 0.6) is 11.5 Å². The Morgan fingerprint density at radius 3 is 2.58 bits per heavy atom. The van der Waals surface area contributed by atoms with Crippen LogP contribution in [0.25, 0.3) is 0 Å². The number of alkyl carbamates (subject to hydrolysis) is 1. The molecule has 0 heterocycles. The first-order valence-corrected chi connectivity index (χ1v) is 9.03. The summed E-state index contributed by atoms with van der Waals surface area (Å²) < 4.78 is 16.7. The Balaban J connectivity index is 2.06. The van der Waals surface area contributed by atoms with E-state index >= 15 is 0 Å². The van der Waals surface area contributed by atoms with Gasteiger partial charge < -0.3 is 19.5 Å². The van der Waals surface area contributed by atoms with Crippen molar-refractivity contribution in [3.8, 4) is 17.6 Å². The van der Waals surface area contributed by atoms with Gasteiger partial charge in [-0.2, -0.15) is 5.26 Å². The van der Waals surface area contributed by atoms with E-state index < -0.39 is 17.6 Å². The molecule has 1 saturated carbocycles. The van der Waals surface area contributed by atoms with E-state index in [2.05, 4.69) is 11.4 Å². The number of rotatable bonds is 6. The first-order valence-electron chi connectivity index (χ1n) is 9.03. The van der Waals surface area contributed by atoms with Gasteiger partial charge in [-0.05, 0) is 64.2 Å². The zero-order valence-corrected chi connectivity index (χ0v) is 16.0. The molecular weight excluding hydrogens is 332 g/mol. The summed E-state index contributed by atoms with van der Waals surface area (Å²) in [6.45, 7) is 5.56. The highest BCUT2D eigenvalue weighted by molar-refractivity contribution is 5.67. The smallest absolute Gasteiger partial charge is 0.407 e. The summed E-state index contributed by atoms with van der Waals surface area (Å²) in [5, 5.41) is 12.2. The third-order valence-electron chi connectivity index (χ3n) is 4.19. The largest absolute Gasteiger partial charge is 0.493 e. The Hall–Kier alpha value is -2.42. The molecule has 0 spiro atoms. The molecule has 6 nitrogen and oxygen atoms in total. The van der Waals surface area contributed by atoms with Crippen LogP contribution in [0.15, 0.2) is 18.2 Å². The van der Waals surface area contributed by atoms with Gasteiger partial charge in [-0.25, -0.2) is 4.79 Å². The molecule has 142 valence electrons. The van der Waals surface area contributed by atoms with E-state index in [1.165, 1.54) is 12.8 Å². The molecular formula is C20H28N2O4. The van der Waals surface area contributed by atoms with Crippen molar-refractivity contribution in [2.24, 2.45) is 0 Å². The Morgan fingerprint density at radius 2 is 2.00 bits per heavy atom. The number of ether oxygens (including phenoxy) is 3. The molecule has 2 rings (SSSR count). The normalized spacial score (nSPS) is 15.8. The summed E-state index contributed by atoms with van der Waals surface area (Å²) in [5.74, 6) is 0.797. The van der Waals surface area contributed by atoms with E-state index in [0.29, 0.717) is 11.5 Å². The maximum atomic E-state index is 11.8. The van der Waals surface area contributed by atoms with Crippen molar-refractivity contribution in [1.29, 1.82) is 5.26 Å². The van der Waals surface area contributed by atoms with Crippen LogP contribution in [0.3, 0.4) is 0 Å². The molecule has 1 atom stereocenters. The fourth-order valence-corrected chi connectivity index (χ4v) is 2.93. The standard InChI is InChI=1S/C20H28N2O4/c1-20(2,3)26-19(23)22-13-15(12-21)14-9-10-17(24-4)18(11-14)25-16-7-5-6-8-16/h9-11,15-16H,5-8,13H2,1-4H3,(H,22,23). The highest BCUT2D eigenvalue weighted by Crippen LogP contribution is 2.34. The second-order valence-corrected chi connectivity index (χ2v) is 7.50. The van der Waals surface area contributed by atoms with Crippen LogP contribution in [-0.4, -0.2) is 31.5 Å². The van der Waals surface area contributed by atoms with Crippen LogP contribution in [0.1, 0.15) is 57.9 Å². The van der Waals surface area contributed by atoms with Crippen LogP contribution >= 0.6 is 0 Å². The third-order valence-corrected chi connectivity index (χ3v) is 4.19. The van der Waals surface area contributed by atoms with Crippen LogP contribution in [-0.2, 0) is 4.74 Å². The Kier molecular flexibility index (Phi) is 6.73. The average molecular weight is 360 g/mol. The number of nitrogens with zero attached hydrogens (tertiary/aromatic N) is 1. The molecule has 26 heavy (non-hydrogen) atoms. The van der Waals surface area contributed by atoms with E-state index in [1.807, 2.05) is 12.1 Å². The van der Waals surface area contributed by atoms with Crippen molar-refractivity contribution >= 4 is 6.09 Å². The van der Waals surface area contributed by atoms with Gasteiger partial charge in [-0.1, -0.05) is 6.07 Å². The van der Waals surface area contributed by atoms with Gasteiger partial charge in [-0.3, -0.25) is 0 Å². The number of hydrogen-bond donors (Lipinski definition) is 1. The SMILES string of the molecule is COc1ccc(C(C#N)CNC(=O)OC(C)(C)C)cc1OC1CCCC1. The lowest BCUT2D eigenvalue weighted by Crippen LogP contribution is -2.34. The number of nitrogens with one attached hydrogen (secondary N) is 1. The predicted molar refractivity (Wildman–Crippen MR) is 98.5 cm³/mol. The Labute approximate surface area is 155 Å². The predicted octanol–water partition coefficient (Wildman–Crippen LogP) is 4.15. The topological polar surface area (TPSA) is 80.6 Å². The highest BCUT2D eigenvalue weighted by Gasteiger charge is 2.21. The summed E-state index contributed by atoms with van der Waals surface area (Å²) in [7, 11) is 1.60. The number of benzene rings is 1. The monoisotopic (exact) mass is 360 g/mol. The first kappa shape index (κ1) is 19.9. The van der Waals surface area contributed by atoms with Gasteiger partial charge in [0.2, 0.25) is 0 Å². The second-order valence-electron chi connectivity index (χ2n) is 7.50. The maximum Gasteiger partial charge on any atom is 0.407 e. The number of amides is 1. The molecule has 1 unspecified atom stereocenters. The molecule has 0 saturated heterocycles. The third kappa shape index (κ3) is 5.83. The zero-order chi connectivity index (χ0) is 19.2. The minimum Gasteiger partial charge on any atom is -0.493 e. The van der Waals surface area contributed by atoms with Crippen LogP contribution < -0.4 is 14.8 Å². The molecule has 1 aliphatic rings. The molecule has 1 aliphatic carbocycles. The molecule has 0 aliphatic heterocycles. The molecule has 1 N–H and O–H groups in total. The Bertz CT molecular complexity index is 655. The van der Waals surface area contributed by atoms with Crippen molar-refractivity contribution in [1.82, 2.24) is 5.32 Å². The minimum absolute atomic E-state index is 0.167. The van der Waals surface area contributed by atoms with E-state index in [0.717, 1.165) is 18.4 Å². The molecule has 0 aromatic heterocycles. The van der Waals surface area contributed by atoms with Crippen molar-refractivity contribution in [2.75, 3.05) is 13.7 Å². The lowest BCUT2D eigenvalue weighted by atomic mass is 10.00. The van der Waals surface area contributed by atoms with Crippen molar-refractivity contribution in [3.63, 3.8) is 0 Å². The summed E-state index contributed by atoms with van der Waals surface area (Å²) in [6.07, 6.45) is 4.08. The lowest BCUT2D eigenvalue weighted by molar-refractivity contribution is 0.0527. The molecule has 6 heteroatoms. The molecule has 1 fully saturated rings. The van der Waals surface area contributed by atoms with Crippen LogP contribution in [0, 0.1) is 11.3 Å². The van der Waals surface area contributed by atoms with Gasteiger partial charge in [0.15, 0.2) is 11.5 Å². The summed E-state index contributed by atoms with van der Waals surface area (Å²) in [5.41, 5.74) is 0.201. The fraction of sp³-hybridized carbons (Fsp3) is 0.600. The van der Waals surface area contributed by atoms with E-state index in [-0.39, 0.29) is 12.6 Å². The second kappa shape index (κ2) is 8.79. The molecule has 1 aromatic carbocycles. The van der Waals surface area contributed by atoms with Gasteiger partial charge in [0, 0.05) is 6.54 Å². The number of carbonyl (C=O) groups excluding carboxylic acids is 1. The maximum absolute atomic E-state index is 11.8. The van der Waals surface area contributed by atoms with Crippen molar-refractivity contribution < 1.29 is 19.0 Å². The quantitative estimate of drug-likeness (QED) is 0.824. The van der Waals surface area contributed by atoms with Gasteiger partial charge in [0.05, 0.1) is 25.2 Å². The summed E-state index contributed by atoms with van der Waals surface area (Å²) >= 11 is 0. The van der Waals surface area contributed by atoms with E-state index in [4.69, 9.17) is 14.2 Å². The first-order chi connectivity index (χ1) is 12.3. The highest BCUT2D eigenvalue weighted by atomic mass is 16.6. The van der Waals surface area contributed by atoms with Crippen molar-refractivity contribution in [3.05, 3.63) is 23.8 Å². The summed E-state index contributed by atoms with van der Waals surface area (Å²) in [4.78, 5) is 11.8. The Morgan fingerprint density at radius 1 is 1.31 bits per heavy atom. The lowest BCUT2D eigenvalue weighted by Gasteiger charge is -2.21. The van der Waals surface area contributed by atoms with Crippen molar-refractivity contribution in [2.45, 2.75) is 64.1 Å². The fourth-order valence-electron chi connectivity index (χ4n) is 2.93. The van der Waals surface area contributed by atoms with Crippen LogP contribution in [0.4, 0.5) is 4.79 Å². The number of methoxy groups -OCH3 is 1. The number of carbonyl (C=O) groups is 1. The molecule has 1 amide bonds. The van der Waals surface area contributed by atoms with E-state index in [9.17, 15) is 10.1 Å². The average Bonchev–Trinajstić information content (AvgIpc) is 3.07. The van der Waals surface area contributed by atoms with Gasteiger partial charge in [0.25, 0.3) is 0 Å². The minimum atomic E-state index is -0.575.